The van der Waals surface area contributed by atoms with E-state index in [1.165, 1.54) is 6.92 Å². The van der Waals surface area contributed by atoms with E-state index in [2.05, 4.69) is 10.3 Å². The number of amides is 1. The highest BCUT2D eigenvalue weighted by molar-refractivity contribution is 6.04. The minimum atomic E-state index is -0.263. The number of nitrogens with one attached hydrogen (secondary N) is 1. The van der Waals surface area contributed by atoms with E-state index < -0.39 is 0 Å². The van der Waals surface area contributed by atoms with Crippen LogP contribution in [0.2, 0.25) is 0 Å². The number of carbonyl (C=O) groups excluding carboxylic acids is 2. The second-order valence-electron chi connectivity index (χ2n) is 5.57. The highest BCUT2D eigenvalue weighted by Gasteiger charge is 2.18. The van der Waals surface area contributed by atoms with Crippen LogP contribution in [0.3, 0.4) is 0 Å². The molecule has 1 atom stereocenters. The maximum atomic E-state index is 12.3. The summed E-state index contributed by atoms with van der Waals surface area (Å²) in [5.41, 5.74) is 1.68. The molecule has 0 radical (unpaired) electrons. The molecule has 1 amide bonds. The summed E-state index contributed by atoms with van der Waals surface area (Å²) >= 11 is 0. The minimum absolute atomic E-state index is 0.0142. The monoisotopic (exact) mass is 326 g/mol. The fraction of sp³-hybridized carbons (Fsp3) is 0.278. The molecule has 1 unspecified atom stereocenters. The Morgan fingerprint density at radius 3 is 2.67 bits per heavy atom. The second kappa shape index (κ2) is 7.23. The van der Waals surface area contributed by atoms with Crippen molar-refractivity contribution < 1.29 is 19.1 Å². The molecule has 0 aliphatic carbocycles. The first kappa shape index (κ1) is 16.1. The van der Waals surface area contributed by atoms with Crippen LogP contribution in [0.15, 0.2) is 42.6 Å². The molecule has 3 rings (SSSR count). The SMILES string of the molecule is CC(=O)c1ccc(NC(=O)c2ccnc(OC3CCOC3)c2)cc1. The summed E-state index contributed by atoms with van der Waals surface area (Å²) in [6.45, 7) is 2.73. The van der Waals surface area contributed by atoms with Gasteiger partial charge >= 0.3 is 0 Å². The number of benzene rings is 1. The summed E-state index contributed by atoms with van der Waals surface area (Å²) in [7, 11) is 0. The molecule has 2 heterocycles. The van der Waals surface area contributed by atoms with Gasteiger partial charge < -0.3 is 14.8 Å². The summed E-state index contributed by atoms with van der Waals surface area (Å²) in [4.78, 5) is 27.7. The van der Waals surface area contributed by atoms with Gasteiger partial charge in [0.05, 0.1) is 13.2 Å². The average Bonchev–Trinajstić information content (AvgIpc) is 3.08. The molecule has 1 aliphatic heterocycles. The number of rotatable bonds is 5. The third-order valence-electron chi connectivity index (χ3n) is 3.72. The maximum absolute atomic E-state index is 12.3. The number of anilines is 1. The van der Waals surface area contributed by atoms with E-state index in [4.69, 9.17) is 9.47 Å². The zero-order valence-corrected chi connectivity index (χ0v) is 13.3. The van der Waals surface area contributed by atoms with Crippen LogP contribution in [0.5, 0.6) is 5.88 Å². The molecular weight excluding hydrogens is 308 g/mol. The van der Waals surface area contributed by atoms with Gasteiger partial charge in [-0.05, 0) is 37.3 Å². The van der Waals surface area contributed by atoms with E-state index in [1.807, 2.05) is 0 Å². The third kappa shape index (κ3) is 3.97. The van der Waals surface area contributed by atoms with Crippen molar-refractivity contribution in [3.05, 3.63) is 53.7 Å². The van der Waals surface area contributed by atoms with Crippen LogP contribution >= 0.6 is 0 Å². The summed E-state index contributed by atoms with van der Waals surface area (Å²) in [5.74, 6) is 0.130. The van der Waals surface area contributed by atoms with Crippen molar-refractivity contribution in [1.82, 2.24) is 4.98 Å². The van der Waals surface area contributed by atoms with Gasteiger partial charge in [0.25, 0.3) is 5.91 Å². The Labute approximate surface area is 139 Å². The van der Waals surface area contributed by atoms with Gasteiger partial charge in [0.15, 0.2) is 5.78 Å². The van der Waals surface area contributed by atoms with Crippen molar-refractivity contribution >= 4 is 17.4 Å². The molecule has 2 aromatic rings. The van der Waals surface area contributed by atoms with E-state index in [1.54, 1.807) is 42.6 Å². The fourth-order valence-corrected chi connectivity index (χ4v) is 2.38. The lowest BCUT2D eigenvalue weighted by Crippen LogP contribution is -2.17. The number of ketones is 1. The molecule has 0 bridgehead atoms. The van der Waals surface area contributed by atoms with Crippen molar-refractivity contribution in [2.75, 3.05) is 18.5 Å². The molecule has 1 fully saturated rings. The smallest absolute Gasteiger partial charge is 0.255 e. The van der Waals surface area contributed by atoms with Crippen LogP contribution in [0.25, 0.3) is 0 Å². The van der Waals surface area contributed by atoms with Gasteiger partial charge in [-0.3, -0.25) is 9.59 Å². The zero-order chi connectivity index (χ0) is 16.9. The Kier molecular flexibility index (Phi) is 4.86. The lowest BCUT2D eigenvalue weighted by molar-refractivity contribution is 0.101. The van der Waals surface area contributed by atoms with Crippen LogP contribution in [-0.2, 0) is 4.74 Å². The largest absolute Gasteiger partial charge is 0.472 e. The number of hydrogen-bond donors (Lipinski definition) is 1. The Balaban J connectivity index is 1.66. The normalized spacial score (nSPS) is 16.6. The summed E-state index contributed by atoms with van der Waals surface area (Å²) in [6, 6.07) is 9.99. The van der Waals surface area contributed by atoms with Crippen LogP contribution in [0.4, 0.5) is 5.69 Å². The number of ether oxygens (including phenoxy) is 2. The lowest BCUT2D eigenvalue weighted by atomic mass is 10.1. The quantitative estimate of drug-likeness (QED) is 0.855. The molecule has 1 aromatic heterocycles. The maximum Gasteiger partial charge on any atom is 0.255 e. The number of pyridine rings is 1. The van der Waals surface area contributed by atoms with Crippen molar-refractivity contribution in [2.45, 2.75) is 19.4 Å². The molecule has 6 heteroatoms. The Morgan fingerprint density at radius 1 is 1.21 bits per heavy atom. The highest BCUT2D eigenvalue weighted by atomic mass is 16.5. The summed E-state index contributed by atoms with van der Waals surface area (Å²) in [5, 5.41) is 2.79. The zero-order valence-electron chi connectivity index (χ0n) is 13.3. The minimum Gasteiger partial charge on any atom is -0.472 e. The molecule has 124 valence electrons. The van der Waals surface area contributed by atoms with Gasteiger partial charge in [-0.2, -0.15) is 0 Å². The van der Waals surface area contributed by atoms with Crippen LogP contribution in [0, 0.1) is 0 Å². The average molecular weight is 326 g/mol. The Hall–Kier alpha value is -2.73. The van der Waals surface area contributed by atoms with Gasteiger partial charge in [0.1, 0.15) is 6.10 Å². The van der Waals surface area contributed by atoms with Gasteiger partial charge in [-0.25, -0.2) is 4.98 Å². The van der Waals surface area contributed by atoms with E-state index in [0.717, 1.165) is 6.42 Å². The summed E-state index contributed by atoms with van der Waals surface area (Å²) in [6.07, 6.45) is 2.34. The first-order valence-electron chi connectivity index (χ1n) is 7.74. The van der Waals surface area contributed by atoms with E-state index >= 15 is 0 Å². The molecule has 24 heavy (non-hydrogen) atoms. The molecule has 1 saturated heterocycles. The molecule has 6 nitrogen and oxygen atoms in total. The number of carbonyl (C=O) groups is 2. The second-order valence-corrected chi connectivity index (χ2v) is 5.57. The third-order valence-corrected chi connectivity index (χ3v) is 3.72. The van der Waals surface area contributed by atoms with Crippen molar-refractivity contribution in [3.8, 4) is 5.88 Å². The number of aromatic nitrogens is 1. The van der Waals surface area contributed by atoms with Crippen molar-refractivity contribution in [2.24, 2.45) is 0 Å². The standard InChI is InChI=1S/C18H18N2O4/c1-12(21)13-2-4-15(5-3-13)20-18(22)14-6-8-19-17(10-14)24-16-7-9-23-11-16/h2-6,8,10,16H,7,9,11H2,1H3,(H,20,22). The van der Waals surface area contributed by atoms with Crippen molar-refractivity contribution in [1.29, 1.82) is 0 Å². The molecule has 0 saturated carbocycles. The van der Waals surface area contributed by atoms with Gasteiger partial charge in [-0.1, -0.05) is 0 Å². The van der Waals surface area contributed by atoms with E-state index in [9.17, 15) is 9.59 Å². The Morgan fingerprint density at radius 2 is 2.00 bits per heavy atom. The van der Waals surface area contributed by atoms with Crippen LogP contribution in [0.1, 0.15) is 34.1 Å². The Bertz CT molecular complexity index is 737. The molecule has 1 aliphatic rings. The van der Waals surface area contributed by atoms with Crippen LogP contribution < -0.4 is 10.1 Å². The fourth-order valence-electron chi connectivity index (χ4n) is 2.38. The van der Waals surface area contributed by atoms with E-state index in [0.29, 0.717) is 35.9 Å². The van der Waals surface area contributed by atoms with E-state index in [-0.39, 0.29) is 17.8 Å². The number of nitrogens with zero attached hydrogens (tertiary/aromatic N) is 1. The predicted octanol–water partition coefficient (Wildman–Crippen LogP) is 2.70. The number of Topliss-reactive ketones (excluding diaryl/α,β-unsaturated/α-hetero) is 1. The van der Waals surface area contributed by atoms with Gasteiger partial charge in [0.2, 0.25) is 5.88 Å². The first-order chi connectivity index (χ1) is 11.6. The highest BCUT2D eigenvalue weighted by Crippen LogP contribution is 2.17. The summed E-state index contributed by atoms with van der Waals surface area (Å²) < 4.78 is 11.0. The van der Waals surface area contributed by atoms with Crippen molar-refractivity contribution in [3.63, 3.8) is 0 Å². The first-order valence-corrected chi connectivity index (χ1v) is 7.74. The lowest BCUT2D eigenvalue weighted by Gasteiger charge is -2.11. The van der Waals surface area contributed by atoms with Crippen LogP contribution in [-0.4, -0.2) is 36.0 Å². The topological polar surface area (TPSA) is 77.5 Å². The van der Waals surface area contributed by atoms with Gasteiger partial charge in [-0.15, -0.1) is 0 Å². The molecule has 1 N–H and O–H groups in total. The predicted molar refractivity (Wildman–Crippen MR) is 88.5 cm³/mol. The molecular formula is C18H18N2O4. The van der Waals surface area contributed by atoms with Gasteiger partial charge in [0, 0.05) is 35.5 Å². The molecule has 1 aromatic carbocycles. The number of hydrogen-bond acceptors (Lipinski definition) is 5. The molecule has 0 spiro atoms.